The van der Waals surface area contributed by atoms with Gasteiger partial charge in [-0.15, -0.1) is 10.2 Å². The van der Waals surface area contributed by atoms with Crippen molar-refractivity contribution < 1.29 is 13.6 Å². The van der Waals surface area contributed by atoms with Crippen molar-refractivity contribution >= 4 is 23.4 Å². The van der Waals surface area contributed by atoms with Crippen LogP contribution in [0.25, 0.3) is 11.5 Å². The number of thioether (sulfide) groups is 1. The Bertz CT molecular complexity index is 863. The smallest absolute Gasteiger partial charge is 0.277 e. The van der Waals surface area contributed by atoms with Crippen molar-refractivity contribution in [3.8, 4) is 11.5 Å². The van der Waals surface area contributed by atoms with Gasteiger partial charge in [0.15, 0.2) is 0 Å². The van der Waals surface area contributed by atoms with Gasteiger partial charge in [-0.1, -0.05) is 29.5 Å². The third-order valence-corrected chi connectivity index (χ3v) is 4.40. The molecule has 0 spiro atoms. The van der Waals surface area contributed by atoms with E-state index < -0.39 is 5.25 Å². The first-order chi connectivity index (χ1) is 12.0. The summed E-state index contributed by atoms with van der Waals surface area (Å²) < 4.78 is 18.5. The van der Waals surface area contributed by atoms with E-state index in [1.165, 1.54) is 23.9 Å². The van der Waals surface area contributed by atoms with E-state index in [4.69, 9.17) is 4.42 Å². The van der Waals surface area contributed by atoms with E-state index >= 15 is 0 Å². The fourth-order valence-electron chi connectivity index (χ4n) is 2.05. The van der Waals surface area contributed by atoms with Crippen LogP contribution in [0.3, 0.4) is 0 Å². The summed E-state index contributed by atoms with van der Waals surface area (Å²) in [5, 5.41) is 10.6. The average molecular weight is 357 g/mol. The summed E-state index contributed by atoms with van der Waals surface area (Å²) in [6.45, 7) is 3.74. The lowest BCUT2D eigenvalue weighted by molar-refractivity contribution is -0.115. The van der Waals surface area contributed by atoms with Gasteiger partial charge in [-0.3, -0.25) is 4.79 Å². The predicted molar refractivity (Wildman–Crippen MR) is 94.8 cm³/mol. The number of nitrogens with zero attached hydrogens (tertiary/aromatic N) is 2. The second-order valence-electron chi connectivity index (χ2n) is 5.50. The Hall–Kier alpha value is -2.67. The quantitative estimate of drug-likeness (QED) is 0.690. The highest BCUT2D eigenvalue weighted by molar-refractivity contribution is 8.00. The van der Waals surface area contributed by atoms with E-state index in [0.29, 0.717) is 5.56 Å². The fourth-order valence-corrected chi connectivity index (χ4v) is 2.74. The van der Waals surface area contributed by atoms with Crippen LogP contribution in [-0.2, 0) is 4.79 Å². The molecule has 0 aliphatic rings. The Labute approximate surface area is 148 Å². The topological polar surface area (TPSA) is 68.0 Å². The van der Waals surface area contributed by atoms with Crippen LogP contribution >= 0.6 is 11.8 Å². The molecule has 0 saturated heterocycles. The largest absolute Gasteiger partial charge is 0.411 e. The molecule has 1 amide bonds. The summed E-state index contributed by atoms with van der Waals surface area (Å²) >= 11 is 1.17. The minimum absolute atomic E-state index is 0.157. The monoisotopic (exact) mass is 357 g/mol. The number of nitrogens with one attached hydrogen (secondary N) is 1. The van der Waals surface area contributed by atoms with Crippen molar-refractivity contribution in [2.24, 2.45) is 0 Å². The van der Waals surface area contributed by atoms with Gasteiger partial charge in [-0.25, -0.2) is 4.39 Å². The van der Waals surface area contributed by atoms with Gasteiger partial charge in [-0.2, -0.15) is 0 Å². The molecule has 0 unspecified atom stereocenters. The van der Waals surface area contributed by atoms with E-state index in [9.17, 15) is 9.18 Å². The first kappa shape index (κ1) is 17.2. The van der Waals surface area contributed by atoms with Crippen molar-refractivity contribution in [1.29, 1.82) is 0 Å². The number of carbonyl (C=O) groups excluding carboxylic acids is 1. The number of anilines is 1. The second-order valence-corrected chi connectivity index (χ2v) is 6.79. The molecular weight excluding hydrogens is 341 g/mol. The van der Waals surface area contributed by atoms with Crippen molar-refractivity contribution in [1.82, 2.24) is 10.2 Å². The lowest BCUT2D eigenvalue weighted by atomic mass is 10.2. The maximum atomic E-state index is 13.0. The number of aromatic nitrogens is 2. The zero-order chi connectivity index (χ0) is 17.8. The molecule has 0 aliphatic carbocycles. The molecule has 3 aromatic rings. The third-order valence-electron chi connectivity index (χ3n) is 3.46. The molecule has 2 aromatic carbocycles. The Morgan fingerprint density at radius 3 is 2.48 bits per heavy atom. The molecule has 0 radical (unpaired) electrons. The van der Waals surface area contributed by atoms with Crippen molar-refractivity contribution in [3.05, 3.63) is 59.9 Å². The molecule has 5 nitrogen and oxygen atoms in total. The number of halogens is 1. The van der Waals surface area contributed by atoms with Gasteiger partial charge in [-0.05, 0) is 50.2 Å². The molecule has 1 heterocycles. The normalized spacial score (nSPS) is 12.0. The Morgan fingerprint density at radius 2 is 1.80 bits per heavy atom. The van der Waals surface area contributed by atoms with Crippen LogP contribution in [0.1, 0.15) is 12.5 Å². The summed E-state index contributed by atoms with van der Waals surface area (Å²) in [6.07, 6.45) is 0. The third kappa shape index (κ3) is 4.45. The fraction of sp³-hybridized carbons (Fsp3) is 0.167. The Balaban J connectivity index is 1.62. The van der Waals surface area contributed by atoms with Crippen LogP contribution < -0.4 is 5.32 Å². The molecule has 0 aliphatic heterocycles. The summed E-state index contributed by atoms with van der Waals surface area (Å²) in [5.41, 5.74) is 2.48. The summed E-state index contributed by atoms with van der Waals surface area (Å²) in [7, 11) is 0. The number of amides is 1. The second kappa shape index (κ2) is 7.48. The van der Waals surface area contributed by atoms with E-state index in [0.717, 1.165) is 11.3 Å². The molecule has 3 rings (SSSR count). The van der Waals surface area contributed by atoms with E-state index in [2.05, 4.69) is 15.5 Å². The molecule has 0 fully saturated rings. The zero-order valence-electron chi connectivity index (χ0n) is 13.7. The summed E-state index contributed by atoms with van der Waals surface area (Å²) in [4.78, 5) is 12.3. The molecule has 0 bridgehead atoms. The SMILES string of the molecule is Cc1ccc(NC(=O)[C@H](C)Sc2nnc(-c3ccc(F)cc3)o2)cc1. The van der Waals surface area contributed by atoms with E-state index in [-0.39, 0.29) is 22.8 Å². The van der Waals surface area contributed by atoms with E-state index in [1.807, 2.05) is 31.2 Å². The van der Waals surface area contributed by atoms with Gasteiger partial charge in [0.25, 0.3) is 5.22 Å². The van der Waals surface area contributed by atoms with Crippen LogP contribution in [0.4, 0.5) is 10.1 Å². The molecule has 1 atom stereocenters. The Morgan fingerprint density at radius 1 is 1.12 bits per heavy atom. The molecular formula is C18H16FN3O2S. The maximum absolute atomic E-state index is 13.0. The summed E-state index contributed by atoms with van der Waals surface area (Å²) in [6, 6.07) is 13.3. The van der Waals surface area contributed by atoms with Gasteiger partial charge < -0.3 is 9.73 Å². The van der Waals surface area contributed by atoms with Crippen molar-refractivity contribution in [3.63, 3.8) is 0 Å². The van der Waals surface area contributed by atoms with Crippen LogP contribution in [0, 0.1) is 12.7 Å². The predicted octanol–water partition coefficient (Wildman–Crippen LogP) is 4.30. The van der Waals surface area contributed by atoms with Gasteiger partial charge >= 0.3 is 0 Å². The van der Waals surface area contributed by atoms with Crippen LogP contribution in [-0.4, -0.2) is 21.4 Å². The van der Waals surface area contributed by atoms with Gasteiger partial charge in [0.2, 0.25) is 11.8 Å². The first-order valence-corrected chi connectivity index (χ1v) is 8.53. The number of carbonyl (C=O) groups is 1. The number of hydrogen-bond donors (Lipinski definition) is 1. The molecule has 1 N–H and O–H groups in total. The molecule has 0 saturated carbocycles. The molecule has 25 heavy (non-hydrogen) atoms. The molecule has 7 heteroatoms. The first-order valence-electron chi connectivity index (χ1n) is 7.65. The van der Waals surface area contributed by atoms with Crippen molar-refractivity contribution in [2.75, 3.05) is 5.32 Å². The van der Waals surface area contributed by atoms with Crippen molar-refractivity contribution in [2.45, 2.75) is 24.3 Å². The summed E-state index contributed by atoms with van der Waals surface area (Å²) in [5.74, 6) is -0.205. The number of rotatable bonds is 5. The minimum atomic E-state index is -0.414. The average Bonchev–Trinajstić information content (AvgIpc) is 3.06. The Kier molecular flexibility index (Phi) is 5.14. The molecule has 128 valence electrons. The number of aryl methyl sites for hydroxylation is 1. The van der Waals surface area contributed by atoms with Gasteiger partial charge in [0.05, 0.1) is 5.25 Å². The lowest BCUT2D eigenvalue weighted by Gasteiger charge is -2.10. The maximum Gasteiger partial charge on any atom is 0.277 e. The zero-order valence-corrected chi connectivity index (χ0v) is 14.5. The minimum Gasteiger partial charge on any atom is -0.411 e. The highest BCUT2D eigenvalue weighted by Gasteiger charge is 2.19. The highest BCUT2D eigenvalue weighted by atomic mass is 32.2. The van der Waals surface area contributed by atoms with Crippen LogP contribution in [0.5, 0.6) is 0 Å². The van der Waals surface area contributed by atoms with Crippen LogP contribution in [0.15, 0.2) is 58.2 Å². The van der Waals surface area contributed by atoms with Gasteiger partial charge in [0, 0.05) is 11.3 Å². The van der Waals surface area contributed by atoms with E-state index in [1.54, 1.807) is 19.1 Å². The van der Waals surface area contributed by atoms with Gasteiger partial charge in [0.1, 0.15) is 5.82 Å². The number of benzene rings is 2. The molecule has 1 aromatic heterocycles. The standard InChI is InChI=1S/C18H16FN3O2S/c1-11-3-9-15(10-4-11)20-16(23)12(2)25-18-22-21-17(24-18)13-5-7-14(19)8-6-13/h3-10,12H,1-2H3,(H,20,23)/t12-/m0/s1. The highest BCUT2D eigenvalue weighted by Crippen LogP contribution is 2.26. The van der Waals surface area contributed by atoms with Crippen LogP contribution in [0.2, 0.25) is 0 Å². The lowest BCUT2D eigenvalue weighted by Crippen LogP contribution is -2.22. The number of hydrogen-bond acceptors (Lipinski definition) is 5.